The first-order valence-electron chi connectivity index (χ1n) is 6.76. The van der Waals surface area contributed by atoms with Crippen LogP contribution < -0.4 is 5.32 Å². The first-order valence-corrected chi connectivity index (χ1v) is 8.80. The first-order chi connectivity index (χ1) is 9.66. The fourth-order valence-electron chi connectivity index (χ4n) is 2.54. The van der Waals surface area contributed by atoms with Crippen molar-refractivity contribution in [1.82, 2.24) is 5.32 Å². The van der Waals surface area contributed by atoms with Crippen molar-refractivity contribution in [3.05, 3.63) is 22.4 Å². The third-order valence-electron chi connectivity index (χ3n) is 3.60. The molecular weight excluding hydrogens is 294 g/mol. The molecule has 1 amide bonds. The van der Waals surface area contributed by atoms with E-state index in [-0.39, 0.29) is 17.7 Å². The van der Waals surface area contributed by atoms with Gasteiger partial charge in [0.15, 0.2) is 0 Å². The molecule has 2 unspecified atom stereocenters. The Morgan fingerprint density at radius 2 is 2.30 bits per heavy atom. The van der Waals surface area contributed by atoms with Crippen LogP contribution in [-0.2, 0) is 15.3 Å². The van der Waals surface area contributed by atoms with Crippen LogP contribution >= 0.6 is 23.1 Å². The number of thiophene rings is 1. The van der Waals surface area contributed by atoms with Crippen molar-refractivity contribution in [3.8, 4) is 0 Å². The highest BCUT2D eigenvalue weighted by atomic mass is 32.2. The van der Waals surface area contributed by atoms with E-state index in [0.717, 1.165) is 25.0 Å². The predicted octanol–water partition coefficient (Wildman–Crippen LogP) is 2.60. The highest BCUT2D eigenvalue weighted by molar-refractivity contribution is 7.99. The number of carboxylic acids is 1. The number of carbonyl (C=O) groups excluding carboxylic acids is 1. The van der Waals surface area contributed by atoms with E-state index in [2.05, 4.69) is 11.4 Å². The molecular formula is C14H19NO3S2. The molecule has 110 valence electrons. The van der Waals surface area contributed by atoms with Crippen LogP contribution in [-0.4, -0.2) is 29.3 Å². The predicted molar refractivity (Wildman–Crippen MR) is 82.0 cm³/mol. The van der Waals surface area contributed by atoms with Crippen LogP contribution in [0.1, 0.15) is 24.1 Å². The van der Waals surface area contributed by atoms with Gasteiger partial charge in [-0.05, 0) is 30.2 Å². The fourth-order valence-corrected chi connectivity index (χ4v) is 4.24. The lowest BCUT2D eigenvalue weighted by molar-refractivity contribution is -0.143. The van der Waals surface area contributed by atoms with Gasteiger partial charge < -0.3 is 10.4 Å². The summed E-state index contributed by atoms with van der Waals surface area (Å²) in [6.45, 7) is 0.495. The molecule has 0 aliphatic heterocycles. The smallest absolute Gasteiger partial charge is 0.306 e. The van der Waals surface area contributed by atoms with Gasteiger partial charge in [0.05, 0.1) is 11.7 Å². The van der Waals surface area contributed by atoms with E-state index in [9.17, 15) is 9.59 Å². The summed E-state index contributed by atoms with van der Waals surface area (Å²) in [4.78, 5) is 24.0. The molecule has 1 aliphatic carbocycles. The normalized spacial score (nSPS) is 21.8. The van der Waals surface area contributed by atoms with Crippen molar-refractivity contribution in [3.63, 3.8) is 0 Å². The Bertz CT molecular complexity index is 447. The van der Waals surface area contributed by atoms with Crippen LogP contribution in [0.2, 0.25) is 0 Å². The highest BCUT2D eigenvalue weighted by Crippen LogP contribution is 2.31. The number of carbonyl (C=O) groups is 2. The second kappa shape index (κ2) is 7.69. The molecule has 1 aliphatic rings. The van der Waals surface area contributed by atoms with Crippen molar-refractivity contribution in [2.24, 2.45) is 11.8 Å². The minimum Gasteiger partial charge on any atom is -0.481 e. The zero-order valence-corrected chi connectivity index (χ0v) is 12.8. The minimum atomic E-state index is -0.728. The van der Waals surface area contributed by atoms with Gasteiger partial charge in [-0.1, -0.05) is 12.5 Å². The molecule has 6 heteroatoms. The molecule has 1 saturated carbocycles. The third-order valence-corrected chi connectivity index (χ3v) is 5.64. The van der Waals surface area contributed by atoms with Crippen molar-refractivity contribution in [2.75, 3.05) is 12.3 Å². The Labute approximate surface area is 127 Å². The second-order valence-electron chi connectivity index (χ2n) is 5.01. The largest absolute Gasteiger partial charge is 0.481 e. The zero-order chi connectivity index (χ0) is 14.4. The summed E-state index contributed by atoms with van der Waals surface area (Å²) >= 11 is 3.28. The lowest BCUT2D eigenvalue weighted by Gasteiger charge is -2.16. The van der Waals surface area contributed by atoms with Crippen LogP contribution in [0.5, 0.6) is 0 Å². The van der Waals surface area contributed by atoms with Crippen molar-refractivity contribution >= 4 is 35.0 Å². The van der Waals surface area contributed by atoms with Crippen LogP contribution in [0.3, 0.4) is 0 Å². The van der Waals surface area contributed by atoms with Crippen LogP contribution in [0.25, 0.3) is 0 Å². The quantitative estimate of drug-likeness (QED) is 0.812. The Morgan fingerprint density at radius 1 is 1.45 bits per heavy atom. The van der Waals surface area contributed by atoms with Crippen LogP contribution in [0, 0.1) is 11.8 Å². The molecule has 0 aromatic carbocycles. The first kappa shape index (κ1) is 15.4. The maximum atomic E-state index is 11.7. The standard InChI is InChI=1S/C14H19NO3S2/c16-13(9-19-8-11-4-2-6-20-11)15-7-10-3-1-5-12(10)14(17)18/h2,4,6,10,12H,1,3,5,7-9H2,(H,15,16)(H,17,18). The van der Waals surface area contributed by atoms with Gasteiger partial charge in [-0.25, -0.2) is 0 Å². The number of nitrogens with one attached hydrogen (secondary N) is 1. The third kappa shape index (κ3) is 4.52. The number of rotatable bonds is 7. The summed E-state index contributed by atoms with van der Waals surface area (Å²) in [7, 11) is 0. The minimum absolute atomic E-state index is 0.00240. The molecule has 2 rings (SSSR count). The molecule has 0 bridgehead atoms. The Hall–Kier alpha value is -1.01. The van der Waals surface area contributed by atoms with Crippen LogP contribution in [0.15, 0.2) is 17.5 Å². The topological polar surface area (TPSA) is 66.4 Å². The molecule has 0 radical (unpaired) electrons. The van der Waals surface area contributed by atoms with Gasteiger partial charge in [0, 0.05) is 17.2 Å². The summed E-state index contributed by atoms with van der Waals surface area (Å²) in [6.07, 6.45) is 2.59. The van der Waals surface area contributed by atoms with Gasteiger partial charge in [-0.3, -0.25) is 9.59 Å². The molecule has 20 heavy (non-hydrogen) atoms. The monoisotopic (exact) mass is 313 g/mol. The average Bonchev–Trinajstić information content (AvgIpc) is 3.07. The average molecular weight is 313 g/mol. The summed E-state index contributed by atoms with van der Waals surface area (Å²) in [5.74, 6) is 0.374. The lowest BCUT2D eigenvalue weighted by atomic mass is 9.96. The SMILES string of the molecule is O=C(CSCc1cccs1)NCC1CCCC1C(=O)O. The zero-order valence-electron chi connectivity index (χ0n) is 11.2. The molecule has 1 aromatic rings. The fraction of sp³-hybridized carbons (Fsp3) is 0.571. The molecule has 0 saturated heterocycles. The maximum absolute atomic E-state index is 11.7. The molecule has 2 N–H and O–H groups in total. The summed E-state index contributed by atoms with van der Waals surface area (Å²) < 4.78 is 0. The molecule has 1 aromatic heterocycles. The van der Waals surface area contributed by atoms with Crippen molar-refractivity contribution in [2.45, 2.75) is 25.0 Å². The van der Waals surface area contributed by atoms with Gasteiger partial charge in [0.25, 0.3) is 0 Å². The molecule has 0 spiro atoms. The van der Waals surface area contributed by atoms with E-state index in [0.29, 0.717) is 12.3 Å². The molecule has 1 heterocycles. The van der Waals surface area contributed by atoms with Gasteiger partial charge in [0.1, 0.15) is 0 Å². The number of thioether (sulfide) groups is 1. The summed E-state index contributed by atoms with van der Waals surface area (Å²) in [6, 6.07) is 4.07. The summed E-state index contributed by atoms with van der Waals surface area (Å²) in [5.41, 5.74) is 0. The van der Waals surface area contributed by atoms with Gasteiger partial charge in [-0.15, -0.1) is 23.1 Å². The second-order valence-corrected chi connectivity index (χ2v) is 7.03. The number of carboxylic acid groups (broad SMARTS) is 1. The highest BCUT2D eigenvalue weighted by Gasteiger charge is 2.32. The van der Waals surface area contributed by atoms with E-state index >= 15 is 0 Å². The van der Waals surface area contributed by atoms with Crippen molar-refractivity contribution < 1.29 is 14.7 Å². The van der Waals surface area contributed by atoms with Crippen LogP contribution in [0.4, 0.5) is 0 Å². The van der Waals surface area contributed by atoms with E-state index < -0.39 is 5.97 Å². The van der Waals surface area contributed by atoms with Gasteiger partial charge in [0.2, 0.25) is 5.91 Å². The van der Waals surface area contributed by atoms with Crippen molar-refractivity contribution in [1.29, 1.82) is 0 Å². The van der Waals surface area contributed by atoms with E-state index in [1.54, 1.807) is 23.1 Å². The van der Waals surface area contributed by atoms with E-state index in [1.807, 2.05) is 11.4 Å². The number of hydrogen-bond acceptors (Lipinski definition) is 4. The van der Waals surface area contributed by atoms with E-state index in [1.165, 1.54) is 4.88 Å². The maximum Gasteiger partial charge on any atom is 0.306 e. The number of aliphatic carboxylic acids is 1. The number of hydrogen-bond donors (Lipinski definition) is 2. The molecule has 2 atom stereocenters. The number of amides is 1. The molecule has 1 fully saturated rings. The lowest BCUT2D eigenvalue weighted by Crippen LogP contribution is -2.33. The Balaban J connectivity index is 1.63. The van der Waals surface area contributed by atoms with Gasteiger partial charge in [-0.2, -0.15) is 0 Å². The Kier molecular flexibility index (Phi) is 5.91. The molecule has 4 nitrogen and oxygen atoms in total. The Morgan fingerprint density at radius 3 is 3.00 bits per heavy atom. The summed E-state index contributed by atoms with van der Waals surface area (Å²) in [5, 5.41) is 14.0. The van der Waals surface area contributed by atoms with Gasteiger partial charge >= 0.3 is 5.97 Å². The van der Waals surface area contributed by atoms with E-state index in [4.69, 9.17) is 5.11 Å².